The molecule has 1 aliphatic carbocycles. The molecule has 1 heterocycles. The number of aliphatic hydroxyl groups excluding tert-OH is 1. The van der Waals surface area contributed by atoms with E-state index in [4.69, 9.17) is 4.74 Å². The molecule has 0 radical (unpaired) electrons. The largest absolute Gasteiger partial charge is 0.488 e. The molecule has 1 fully saturated rings. The molecule has 2 aromatic rings. The van der Waals surface area contributed by atoms with E-state index in [1.807, 2.05) is 0 Å². The third-order valence-corrected chi connectivity index (χ3v) is 6.72. The number of nitrogens with zero attached hydrogens (tertiary/aromatic N) is 1. The van der Waals surface area contributed by atoms with Gasteiger partial charge in [-0.2, -0.15) is 0 Å². The molecule has 28 heavy (non-hydrogen) atoms. The molecule has 2 aliphatic rings. The molecule has 8 heteroatoms. The summed E-state index contributed by atoms with van der Waals surface area (Å²) in [4.78, 5) is 11.5. The van der Waals surface area contributed by atoms with E-state index < -0.39 is 28.0 Å². The number of hydrogen-bond acceptors (Lipinski definition) is 5. The number of ether oxygens (including phenoxy) is 1. The van der Waals surface area contributed by atoms with E-state index in [2.05, 4.69) is 0 Å². The number of rotatable bonds is 5. The van der Waals surface area contributed by atoms with Crippen LogP contribution in [0.1, 0.15) is 28.3 Å². The average molecular weight is 403 g/mol. The molecule has 0 amide bonds. The maximum atomic E-state index is 12.4. The van der Waals surface area contributed by atoms with Crippen molar-refractivity contribution in [2.75, 3.05) is 17.1 Å². The predicted molar refractivity (Wildman–Crippen MR) is 103 cm³/mol. The number of hydrogen-bond donors (Lipinski definition) is 2. The average Bonchev–Trinajstić information content (AvgIpc) is 3.14. The summed E-state index contributed by atoms with van der Waals surface area (Å²) < 4.78 is 32.1. The van der Waals surface area contributed by atoms with Crippen molar-refractivity contribution in [1.29, 1.82) is 0 Å². The lowest BCUT2D eigenvalue weighted by atomic mass is 9.87. The molecule has 0 aromatic heterocycles. The molecule has 2 N–H and O–H groups in total. The smallest absolute Gasteiger partial charge is 0.339 e. The number of carbonyl (C=O) groups is 1. The Morgan fingerprint density at radius 3 is 2.54 bits per heavy atom. The van der Waals surface area contributed by atoms with Crippen LogP contribution < -0.4 is 9.04 Å². The van der Waals surface area contributed by atoms with Crippen LogP contribution in [0.15, 0.2) is 48.5 Å². The van der Waals surface area contributed by atoms with Gasteiger partial charge in [0.05, 0.1) is 18.0 Å². The standard InChI is InChI=1S/C20H21NO6S/c1-28(25,26)21(12-6-3-2-4-7-12)11-15-16(22)10-17-18(15)13-8-5-9-14(20(23)24)19(13)27-17/h2-9,15-18,22H,10-11H2,1H3,(H,23,24). The van der Waals surface area contributed by atoms with Crippen molar-refractivity contribution in [2.45, 2.75) is 24.5 Å². The zero-order valence-corrected chi connectivity index (χ0v) is 16.0. The van der Waals surface area contributed by atoms with E-state index in [1.54, 1.807) is 42.5 Å². The van der Waals surface area contributed by atoms with Gasteiger partial charge in [-0.1, -0.05) is 30.3 Å². The zero-order chi connectivity index (χ0) is 20.1. The monoisotopic (exact) mass is 403 g/mol. The summed E-state index contributed by atoms with van der Waals surface area (Å²) in [5, 5.41) is 20.1. The Morgan fingerprint density at radius 2 is 1.89 bits per heavy atom. The van der Waals surface area contributed by atoms with E-state index in [1.165, 1.54) is 10.4 Å². The fourth-order valence-electron chi connectivity index (χ4n) is 4.35. The van der Waals surface area contributed by atoms with Crippen molar-refractivity contribution >= 4 is 21.7 Å². The summed E-state index contributed by atoms with van der Waals surface area (Å²) in [6.07, 6.45) is 0.355. The van der Waals surface area contributed by atoms with E-state index >= 15 is 0 Å². The minimum atomic E-state index is -3.57. The highest BCUT2D eigenvalue weighted by molar-refractivity contribution is 7.92. The number of para-hydroxylation sites is 2. The van der Waals surface area contributed by atoms with Crippen LogP contribution in [0, 0.1) is 5.92 Å². The summed E-state index contributed by atoms with van der Waals surface area (Å²) in [5.74, 6) is -1.43. The van der Waals surface area contributed by atoms with Gasteiger partial charge >= 0.3 is 5.97 Å². The van der Waals surface area contributed by atoms with Crippen LogP contribution in [0.4, 0.5) is 5.69 Å². The number of carboxylic acids is 1. The number of anilines is 1. The molecule has 2 aromatic carbocycles. The summed E-state index contributed by atoms with van der Waals surface area (Å²) in [7, 11) is -3.57. The lowest BCUT2D eigenvalue weighted by Gasteiger charge is -2.29. The normalized spacial score (nSPS) is 25.6. The third kappa shape index (κ3) is 3.12. The Bertz CT molecular complexity index is 1010. The van der Waals surface area contributed by atoms with Gasteiger partial charge in [-0.15, -0.1) is 0 Å². The van der Waals surface area contributed by atoms with E-state index in [0.29, 0.717) is 23.4 Å². The highest BCUT2D eigenvalue weighted by Gasteiger charge is 2.51. The van der Waals surface area contributed by atoms with Gasteiger partial charge in [-0.3, -0.25) is 4.31 Å². The van der Waals surface area contributed by atoms with Crippen molar-refractivity contribution in [3.63, 3.8) is 0 Å². The lowest BCUT2D eigenvalue weighted by Crippen LogP contribution is -2.38. The Hall–Kier alpha value is -2.58. The summed E-state index contributed by atoms with van der Waals surface area (Å²) in [6, 6.07) is 13.7. The Kier molecular flexibility index (Phi) is 4.55. The van der Waals surface area contributed by atoms with Crippen LogP contribution in [-0.4, -0.2) is 49.6 Å². The predicted octanol–water partition coefficient (Wildman–Crippen LogP) is 2.08. The van der Waals surface area contributed by atoms with Gasteiger partial charge in [-0.05, 0) is 18.2 Å². The molecule has 7 nitrogen and oxygen atoms in total. The minimum Gasteiger partial charge on any atom is -0.488 e. The van der Waals surface area contributed by atoms with Crippen molar-refractivity contribution in [2.24, 2.45) is 5.92 Å². The second-order valence-electron chi connectivity index (χ2n) is 7.31. The maximum Gasteiger partial charge on any atom is 0.339 e. The molecule has 1 saturated carbocycles. The van der Waals surface area contributed by atoms with Crippen LogP contribution in [0.3, 0.4) is 0 Å². The van der Waals surface area contributed by atoms with Crippen molar-refractivity contribution in [1.82, 2.24) is 0 Å². The molecule has 148 valence electrons. The van der Waals surface area contributed by atoms with Crippen molar-refractivity contribution in [3.8, 4) is 5.75 Å². The lowest BCUT2D eigenvalue weighted by molar-refractivity contribution is 0.0690. The number of fused-ring (bicyclic) bond motifs is 3. The number of aromatic carboxylic acids is 1. The molecule has 4 atom stereocenters. The number of sulfonamides is 1. The van der Waals surface area contributed by atoms with Gasteiger partial charge in [0.1, 0.15) is 17.4 Å². The molecule has 4 rings (SSSR count). The van der Waals surface area contributed by atoms with Gasteiger partial charge in [-0.25, -0.2) is 13.2 Å². The van der Waals surface area contributed by atoms with Gasteiger partial charge in [0, 0.05) is 30.4 Å². The molecule has 4 unspecified atom stereocenters. The molecular formula is C20H21NO6S. The molecule has 1 aliphatic heterocycles. The second kappa shape index (κ2) is 6.79. The van der Waals surface area contributed by atoms with Gasteiger partial charge in [0.25, 0.3) is 0 Å². The summed E-state index contributed by atoms with van der Waals surface area (Å²) in [6.45, 7) is 0.0886. The first-order valence-corrected chi connectivity index (χ1v) is 10.9. The number of benzene rings is 2. The number of aliphatic hydroxyl groups is 1. The number of carboxylic acid groups (broad SMARTS) is 1. The van der Waals surface area contributed by atoms with Crippen LogP contribution in [0.2, 0.25) is 0 Å². The fraction of sp³-hybridized carbons (Fsp3) is 0.350. The molecule has 0 spiro atoms. The van der Waals surface area contributed by atoms with Crippen molar-refractivity contribution in [3.05, 3.63) is 59.7 Å². The topological polar surface area (TPSA) is 104 Å². The van der Waals surface area contributed by atoms with Crippen LogP contribution >= 0.6 is 0 Å². The Labute approximate surface area is 163 Å². The van der Waals surface area contributed by atoms with Gasteiger partial charge in [0.2, 0.25) is 10.0 Å². The fourth-order valence-corrected chi connectivity index (χ4v) is 5.30. The van der Waals surface area contributed by atoms with E-state index in [-0.39, 0.29) is 24.1 Å². The SMILES string of the molecule is CS(=O)(=O)N(CC1C(O)CC2Oc3c(C(=O)O)cccc3C21)c1ccccc1. The molecular weight excluding hydrogens is 382 g/mol. The van der Waals surface area contributed by atoms with E-state index in [0.717, 1.165) is 6.26 Å². The first kappa shape index (κ1) is 18.8. The zero-order valence-electron chi connectivity index (χ0n) is 15.2. The third-order valence-electron chi connectivity index (χ3n) is 5.56. The van der Waals surface area contributed by atoms with Crippen LogP contribution in [0.25, 0.3) is 0 Å². The van der Waals surface area contributed by atoms with Gasteiger partial charge in [0.15, 0.2) is 0 Å². The highest BCUT2D eigenvalue weighted by atomic mass is 32.2. The van der Waals surface area contributed by atoms with E-state index in [9.17, 15) is 23.4 Å². The minimum absolute atomic E-state index is 0.0863. The summed E-state index contributed by atoms with van der Waals surface area (Å²) in [5.41, 5.74) is 1.33. The Balaban J connectivity index is 1.71. The quantitative estimate of drug-likeness (QED) is 0.792. The highest BCUT2D eigenvalue weighted by Crippen LogP contribution is 2.51. The van der Waals surface area contributed by atoms with Crippen LogP contribution in [0.5, 0.6) is 5.75 Å². The van der Waals surface area contributed by atoms with Crippen LogP contribution in [-0.2, 0) is 10.0 Å². The first-order valence-electron chi connectivity index (χ1n) is 9.01. The van der Waals surface area contributed by atoms with Crippen molar-refractivity contribution < 1.29 is 28.2 Å². The Morgan fingerprint density at radius 1 is 1.18 bits per heavy atom. The second-order valence-corrected chi connectivity index (χ2v) is 9.21. The molecule has 0 saturated heterocycles. The molecule has 0 bridgehead atoms. The first-order chi connectivity index (χ1) is 13.3. The summed E-state index contributed by atoms with van der Waals surface area (Å²) >= 11 is 0. The van der Waals surface area contributed by atoms with Gasteiger partial charge < -0.3 is 14.9 Å². The maximum absolute atomic E-state index is 12.4.